The van der Waals surface area contributed by atoms with E-state index in [2.05, 4.69) is 44.9 Å². The fourth-order valence-electron chi connectivity index (χ4n) is 3.19. The van der Waals surface area contributed by atoms with Gasteiger partial charge in [-0.1, -0.05) is 24.3 Å². The van der Waals surface area contributed by atoms with Crippen LogP contribution in [0.4, 0.5) is 13.2 Å². The van der Waals surface area contributed by atoms with Crippen LogP contribution in [-0.4, -0.2) is 24.5 Å². The lowest BCUT2D eigenvalue weighted by molar-refractivity contribution is -0.140. The highest BCUT2D eigenvalue weighted by atomic mass is 32.1. The summed E-state index contributed by atoms with van der Waals surface area (Å²) in [5.74, 6) is 0.979. The third-order valence-electron chi connectivity index (χ3n) is 4.48. The molecule has 1 atom stereocenters. The lowest BCUT2D eigenvalue weighted by atomic mass is 9.83. The van der Waals surface area contributed by atoms with Crippen molar-refractivity contribution in [2.75, 3.05) is 13.6 Å². The summed E-state index contributed by atoms with van der Waals surface area (Å²) in [6, 6.07) is 8.48. The summed E-state index contributed by atoms with van der Waals surface area (Å²) in [6.45, 7) is 0.948. The number of alkyl halides is 3. The maximum atomic E-state index is 12.6. The Morgan fingerprint density at radius 1 is 1.31 bits per heavy atom. The zero-order valence-corrected chi connectivity index (χ0v) is 15.3. The first-order chi connectivity index (χ1) is 12.5. The van der Waals surface area contributed by atoms with Crippen LogP contribution in [0.5, 0.6) is 0 Å². The summed E-state index contributed by atoms with van der Waals surface area (Å²) in [6.07, 6.45) is -1.01. The van der Waals surface area contributed by atoms with E-state index < -0.39 is 11.9 Å². The van der Waals surface area contributed by atoms with Crippen molar-refractivity contribution in [1.29, 1.82) is 0 Å². The number of aryl methyl sites for hydroxylation is 1. The number of hydrogen-bond donors (Lipinski definition) is 2. The minimum Gasteiger partial charge on any atom is -0.356 e. The summed E-state index contributed by atoms with van der Waals surface area (Å²) >= 11 is 0.989. The van der Waals surface area contributed by atoms with Crippen molar-refractivity contribution in [3.05, 3.63) is 51.5 Å². The first-order valence-corrected chi connectivity index (χ1v) is 9.39. The fourth-order valence-corrected chi connectivity index (χ4v) is 3.93. The van der Waals surface area contributed by atoms with Gasteiger partial charge in [0.2, 0.25) is 0 Å². The van der Waals surface area contributed by atoms with Crippen molar-refractivity contribution in [3.63, 3.8) is 0 Å². The van der Waals surface area contributed by atoms with Crippen molar-refractivity contribution < 1.29 is 13.2 Å². The van der Waals surface area contributed by atoms with Gasteiger partial charge in [0.05, 0.1) is 6.54 Å². The van der Waals surface area contributed by atoms with Crippen LogP contribution in [0.15, 0.2) is 34.6 Å². The summed E-state index contributed by atoms with van der Waals surface area (Å²) < 4.78 is 37.8. The Morgan fingerprint density at radius 2 is 2.12 bits per heavy atom. The van der Waals surface area contributed by atoms with E-state index >= 15 is 0 Å². The van der Waals surface area contributed by atoms with Crippen molar-refractivity contribution in [3.8, 4) is 0 Å². The summed E-state index contributed by atoms with van der Waals surface area (Å²) in [4.78, 5) is 7.76. The van der Waals surface area contributed by atoms with Gasteiger partial charge in [0.1, 0.15) is 5.01 Å². The summed E-state index contributed by atoms with van der Waals surface area (Å²) in [5.41, 5.74) is 1.92. The van der Waals surface area contributed by atoms with Crippen molar-refractivity contribution >= 4 is 17.3 Å². The van der Waals surface area contributed by atoms with E-state index in [1.165, 1.54) is 11.1 Å². The van der Waals surface area contributed by atoms with Crippen molar-refractivity contribution in [2.45, 2.75) is 37.9 Å². The molecule has 26 heavy (non-hydrogen) atoms. The van der Waals surface area contributed by atoms with Crippen LogP contribution in [0.1, 0.15) is 40.6 Å². The average molecular weight is 382 g/mol. The molecular formula is C18H21F3N4S. The zero-order valence-electron chi connectivity index (χ0n) is 14.4. The standard InChI is InChI=1S/C18H21F3N4S/c1-22-17(24-10-16-25-15(11-26-16)18(19,20)21)23-9-13-7-4-6-12-5-2-3-8-14(12)13/h2-3,5,8,11,13H,4,6-7,9-10H2,1H3,(H2,22,23,24). The van der Waals surface area contributed by atoms with Gasteiger partial charge in [-0.3, -0.25) is 4.99 Å². The number of nitrogens with zero attached hydrogens (tertiary/aromatic N) is 2. The molecule has 1 aliphatic rings. The second kappa shape index (κ2) is 8.07. The molecule has 2 aromatic rings. The summed E-state index contributed by atoms with van der Waals surface area (Å²) in [7, 11) is 1.65. The Bertz CT molecular complexity index is 770. The first kappa shape index (κ1) is 18.7. The van der Waals surface area contributed by atoms with Gasteiger partial charge < -0.3 is 10.6 Å². The van der Waals surface area contributed by atoms with Crippen molar-refractivity contribution in [2.24, 2.45) is 4.99 Å². The lowest BCUT2D eigenvalue weighted by Gasteiger charge is -2.26. The van der Waals surface area contributed by atoms with Gasteiger partial charge in [0.15, 0.2) is 11.7 Å². The number of nitrogens with one attached hydrogen (secondary N) is 2. The van der Waals surface area contributed by atoms with Crippen LogP contribution in [0, 0.1) is 0 Å². The van der Waals surface area contributed by atoms with Crippen LogP contribution in [0.25, 0.3) is 0 Å². The Morgan fingerprint density at radius 3 is 2.85 bits per heavy atom. The van der Waals surface area contributed by atoms with Gasteiger partial charge in [0.25, 0.3) is 0 Å². The van der Waals surface area contributed by atoms with Crippen LogP contribution >= 0.6 is 11.3 Å². The van der Waals surface area contributed by atoms with Gasteiger partial charge in [-0.05, 0) is 30.4 Å². The molecule has 0 bridgehead atoms. The molecule has 1 heterocycles. The highest BCUT2D eigenvalue weighted by Gasteiger charge is 2.33. The van der Waals surface area contributed by atoms with Gasteiger partial charge in [0, 0.05) is 24.9 Å². The van der Waals surface area contributed by atoms with Crippen molar-refractivity contribution in [1.82, 2.24) is 15.6 Å². The molecule has 4 nitrogen and oxygen atoms in total. The number of hydrogen-bond acceptors (Lipinski definition) is 3. The Hall–Kier alpha value is -2.09. The number of rotatable bonds is 4. The molecule has 0 fully saturated rings. The smallest absolute Gasteiger partial charge is 0.356 e. The van der Waals surface area contributed by atoms with E-state index in [1.807, 2.05) is 0 Å². The minimum absolute atomic E-state index is 0.210. The molecule has 8 heteroatoms. The SMILES string of the molecule is CN=C(NCc1nc(C(F)(F)F)cs1)NCC1CCCc2ccccc21. The Balaban J connectivity index is 1.54. The van der Waals surface area contributed by atoms with E-state index in [-0.39, 0.29) is 6.54 Å². The van der Waals surface area contributed by atoms with Crippen LogP contribution in [0.2, 0.25) is 0 Å². The maximum Gasteiger partial charge on any atom is 0.434 e. The number of fused-ring (bicyclic) bond motifs is 1. The van der Waals surface area contributed by atoms with Crippen LogP contribution < -0.4 is 10.6 Å². The molecule has 0 spiro atoms. The molecule has 1 aliphatic carbocycles. The topological polar surface area (TPSA) is 49.3 Å². The molecule has 0 amide bonds. The summed E-state index contributed by atoms with van der Waals surface area (Å²) in [5, 5.41) is 7.73. The number of benzene rings is 1. The molecule has 3 rings (SSSR count). The van der Waals surface area contributed by atoms with Crippen LogP contribution in [0.3, 0.4) is 0 Å². The molecular weight excluding hydrogens is 361 g/mol. The van der Waals surface area contributed by atoms with Gasteiger partial charge in [-0.2, -0.15) is 13.2 Å². The predicted octanol–water partition coefficient (Wildman–Crippen LogP) is 3.95. The van der Waals surface area contributed by atoms with E-state index in [0.29, 0.717) is 16.9 Å². The molecule has 0 saturated carbocycles. The Kier molecular flexibility index (Phi) is 5.80. The number of guanidine groups is 1. The van der Waals surface area contributed by atoms with Gasteiger partial charge in [-0.25, -0.2) is 4.98 Å². The number of aliphatic imine (C=N–C) groups is 1. The lowest BCUT2D eigenvalue weighted by Crippen LogP contribution is -2.39. The normalized spacial score (nSPS) is 17.7. The second-order valence-electron chi connectivity index (χ2n) is 6.22. The molecule has 0 saturated heterocycles. The van der Waals surface area contributed by atoms with E-state index in [9.17, 15) is 13.2 Å². The Labute approximate surface area is 154 Å². The molecule has 2 N–H and O–H groups in total. The third-order valence-corrected chi connectivity index (χ3v) is 5.33. The van der Waals surface area contributed by atoms with E-state index in [4.69, 9.17) is 0 Å². The highest BCUT2D eigenvalue weighted by molar-refractivity contribution is 7.09. The largest absolute Gasteiger partial charge is 0.434 e. The predicted molar refractivity (Wildman–Crippen MR) is 97.4 cm³/mol. The number of halogens is 3. The van der Waals surface area contributed by atoms with Crippen LogP contribution in [-0.2, 0) is 19.1 Å². The van der Waals surface area contributed by atoms with Gasteiger partial charge in [-0.15, -0.1) is 11.3 Å². The molecule has 0 radical (unpaired) electrons. The molecule has 0 aliphatic heterocycles. The van der Waals surface area contributed by atoms with E-state index in [0.717, 1.165) is 42.5 Å². The third kappa shape index (κ3) is 4.55. The first-order valence-electron chi connectivity index (χ1n) is 8.51. The monoisotopic (exact) mass is 382 g/mol. The second-order valence-corrected chi connectivity index (χ2v) is 7.16. The average Bonchev–Trinajstić information content (AvgIpc) is 3.11. The molecule has 1 unspecified atom stereocenters. The fraction of sp³-hybridized carbons (Fsp3) is 0.444. The quantitative estimate of drug-likeness (QED) is 0.622. The highest BCUT2D eigenvalue weighted by Crippen LogP contribution is 2.31. The molecule has 1 aromatic heterocycles. The van der Waals surface area contributed by atoms with E-state index in [1.54, 1.807) is 7.05 Å². The zero-order chi connectivity index (χ0) is 18.6. The molecule has 140 valence electrons. The van der Waals surface area contributed by atoms with Gasteiger partial charge >= 0.3 is 6.18 Å². The molecule has 1 aromatic carbocycles. The number of thiazole rings is 1. The maximum absolute atomic E-state index is 12.6. The minimum atomic E-state index is -4.40. The number of aromatic nitrogens is 1.